The number of pyridine rings is 1. The van der Waals surface area contributed by atoms with Gasteiger partial charge in [-0.15, -0.1) is 0 Å². The van der Waals surface area contributed by atoms with E-state index >= 15 is 0 Å². The Balaban J connectivity index is 1.81. The van der Waals surface area contributed by atoms with Crippen LogP contribution in [-0.4, -0.2) is 9.38 Å². The smallest absolute Gasteiger partial charge is 0.146 e. The fourth-order valence-corrected chi connectivity index (χ4v) is 2.23. The van der Waals surface area contributed by atoms with Crippen molar-refractivity contribution in [3.8, 4) is 0 Å². The molecular weight excluding hydrogens is 277 g/mol. The first-order valence-corrected chi connectivity index (χ1v) is 6.63. The Morgan fingerprint density at radius 3 is 2.95 bits per heavy atom. The number of imidazole rings is 1. The van der Waals surface area contributed by atoms with Crippen molar-refractivity contribution in [2.75, 3.05) is 5.32 Å². The molecule has 1 N–H and O–H groups in total. The number of aromatic nitrogens is 2. The van der Waals surface area contributed by atoms with Gasteiger partial charge in [-0.2, -0.15) is 0 Å². The molecule has 3 aromatic rings. The number of fused-ring (bicyclic) bond motifs is 1. The number of halogens is 2. The van der Waals surface area contributed by atoms with E-state index in [1.165, 1.54) is 6.07 Å². The van der Waals surface area contributed by atoms with E-state index in [9.17, 15) is 4.39 Å². The molecular formula is C15H13ClFN3. The van der Waals surface area contributed by atoms with Crippen LogP contribution in [0.4, 0.5) is 10.1 Å². The van der Waals surface area contributed by atoms with Crippen molar-refractivity contribution < 1.29 is 4.39 Å². The summed E-state index contributed by atoms with van der Waals surface area (Å²) >= 11 is 5.93. The lowest BCUT2D eigenvalue weighted by Gasteiger charge is -2.06. The number of nitrogens with zero attached hydrogens (tertiary/aromatic N) is 2. The van der Waals surface area contributed by atoms with Gasteiger partial charge < -0.3 is 9.72 Å². The molecule has 5 heteroatoms. The van der Waals surface area contributed by atoms with Gasteiger partial charge in [-0.3, -0.25) is 0 Å². The minimum atomic E-state index is -0.262. The second kappa shape index (κ2) is 5.13. The highest BCUT2D eigenvalue weighted by atomic mass is 35.5. The van der Waals surface area contributed by atoms with Crippen LogP contribution in [0.25, 0.3) is 5.65 Å². The van der Waals surface area contributed by atoms with Gasteiger partial charge >= 0.3 is 0 Å². The third-order valence-corrected chi connectivity index (χ3v) is 3.27. The average molecular weight is 290 g/mol. The molecule has 0 spiro atoms. The van der Waals surface area contributed by atoms with Crippen LogP contribution < -0.4 is 5.32 Å². The van der Waals surface area contributed by atoms with Crippen LogP contribution >= 0.6 is 11.6 Å². The molecule has 0 saturated heterocycles. The van der Waals surface area contributed by atoms with Gasteiger partial charge in [0.2, 0.25) is 0 Å². The molecule has 20 heavy (non-hydrogen) atoms. The molecule has 0 aliphatic heterocycles. The Labute approximate surface area is 121 Å². The minimum absolute atomic E-state index is 0.262. The number of hydrogen-bond donors (Lipinski definition) is 1. The molecule has 3 rings (SSSR count). The van der Waals surface area contributed by atoms with Gasteiger partial charge in [0, 0.05) is 12.4 Å². The Bertz CT molecular complexity index is 767. The van der Waals surface area contributed by atoms with Crippen LogP contribution in [-0.2, 0) is 6.54 Å². The van der Waals surface area contributed by atoms with Gasteiger partial charge in [0.25, 0.3) is 0 Å². The maximum atomic E-state index is 13.6. The van der Waals surface area contributed by atoms with Crippen LogP contribution in [0.1, 0.15) is 11.3 Å². The van der Waals surface area contributed by atoms with Crippen LogP contribution in [0, 0.1) is 12.7 Å². The molecule has 3 nitrogen and oxygen atoms in total. The molecule has 0 saturated carbocycles. The van der Waals surface area contributed by atoms with Gasteiger partial charge in [0.1, 0.15) is 11.5 Å². The molecule has 0 atom stereocenters. The number of nitrogens with one attached hydrogen (secondary N) is 1. The number of aryl methyl sites for hydroxylation is 1. The summed E-state index contributed by atoms with van der Waals surface area (Å²) in [4.78, 5) is 4.44. The molecule has 2 aromatic heterocycles. The van der Waals surface area contributed by atoms with E-state index in [1.54, 1.807) is 24.4 Å². The third-order valence-electron chi connectivity index (χ3n) is 3.05. The minimum Gasteiger partial charge on any atom is -0.377 e. The van der Waals surface area contributed by atoms with Gasteiger partial charge in [-0.25, -0.2) is 9.37 Å². The second-order valence-corrected chi connectivity index (χ2v) is 5.12. The number of benzene rings is 1. The van der Waals surface area contributed by atoms with Gasteiger partial charge in [-0.1, -0.05) is 17.7 Å². The molecule has 0 unspecified atom stereocenters. The highest BCUT2D eigenvalue weighted by molar-refractivity contribution is 6.30. The van der Waals surface area contributed by atoms with Gasteiger partial charge in [0.05, 0.1) is 22.9 Å². The SMILES string of the molecule is Cc1ccc(F)c(NCc2cn3cc(Cl)ccc3n2)c1. The molecule has 1 aromatic carbocycles. The maximum absolute atomic E-state index is 13.6. The largest absolute Gasteiger partial charge is 0.377 e. The van der Waals surface area contributed by atoms with Crippen molar-refractivity contribution in [3.63, 3.8) is 0 Å². The van der Waals surface area contributed by atoms with Crippen LogP contribution in [0.5, 0.6) is 0 Å². The number of hydrogen-bond acceptors (Lipinski definition) is 2. The number of anilines is 1. The summed E-state index contributed by atoms with van der Waals surface area (Å²) < 4.78 is 15.5. The van der Waals surface area contributed by atoms with Crippen LogP contribution in [0.3, 0.4) is 0 Å². The Morgan fingerprint density at radius 2 is 2.10 bits per heavy atom. The molecule has 2 heterocycles. The van der Waals surface area contributed by atoms with E-state index in [-0.39, 0.29) is 5.82 Å². The van der Waals surface area contributed by atoms with E-state index in [0.29, 0.717) is 17.3 Å². The Hall–Kier alpha value is -2.07. The van der Waals surface area contributed by atoms with Crippen molar-refractivity contribution >= 4 is 22.9 Å². The average Bonchev–Trinajstić information content (AvgIpc) is 2.81. The van der Waals surface area contributed by atoms with Crippen molar-refractivity contribution in [2.24, 2.45) is 0 Å². The van der Waals surface area contributed by atoms with Gasteiger partial charge in [-0.05, 0) is 36.8 Å². The van der Waals surface area contributed by atoms with Crippen LogP contribution in [0.2, 0.25) is 5.02 Å². The van der Waals surface area contributed by atoms with Crippen molar-refractivity contribution in [1.82, 2.24) is 9.38 Å². The summed E-state index contributed by atoms with van der Waals surface area (Å²) in [5, 5.41) is 3.71. The predicted molar refractivity (Wildman–Crippen MR) is 78.7 cm³/mol. The zero-order valence-corrected chi connectivity index (χ0v) is 11.7. The first kappa shape index (κ1) is 12.9. The van der Waals surface area contributed by atoms with Crippen molar-refractivity contribution in [2.45, 2.75) is 13.5 Å². The molecule has 0 radical (unpaired) electrons. The first-order valence-electron chi connectivity index (χ1n) is 6.25. The first-order chi connectivity index (χ1) is 9.61. The van der Waals surface area contributed by atoms with E-state index < -0.39 is 0 Å². The lowest BCUT2D eigenvalue weighted by molar-refractivity contribution is 0.629. The van der Waals surface area contributed by atoms with E-state index in [0.717, 1.165) is 16.9 Å². The molecule has 0 aliphatic rings. The standard InChI is InChI=1S/C15H13ClFN3/c1-10-2-4-13(17)14(6-10)18-7-12-9-20-8-11(16)3-5-15(20)19-12/h2-6,8-9,18H,7H2,1H3. The summed E-state index contributed by atoms with van der Waals surface area (Å²) in [6.07, 6.45) is 3.67. The zero-order chi connectivity index (χ0) is 14.1. The van der Waals surface area contributed by atoms with Crippen LogP contribution in [0.15, 0.2) is 42.7 Å². The maximum Gasteiger partial charge on any atom is 0.146 e. The molecule has 0 fully saturated rings. The number of rotatable bonds is 3. The second-order valence-electron chi connectivity index (χ2n) is 4.68. The van der Waals surface area contributed by atoms with E-state index in [4.69, 9.17) is 11.6 Å². The summed E-state index contributed by atoms with van der Waals surface area (Å²) in [6, 6.07) is 8.62. The monoisotopic (exact) mass is 289 g/mol. The zero-order valence-electron chi connectivity index (χ0n) is 10.9. The summed E-state index contributed by atoms with van der Waals surface area (Å²) in [7, 11) is 0. The lowest BCUT2D eigenvalue weighted by Crippen LogP contribution is -2.02. The Kier molecular flexibility index (Phi) is 3.32. The Morgan fingerprint density at radius 1 is 1.25 bits per heavy atom. The fourth-order valence-electron chi connectivity index (χ4n) is 2.06. The molecule has 0 aliphatic carbocycles. The summed E-state index contributed by atoms with van der Waals surface area (Å²) in [6.45, 7) is 2.39. The highest BCUT2D eigenvalue weighted by Crippen LogP contribution is 2.17. The third kappa shape index (κ3) is 2.60. The summed E-state index contributed by atoms with van der Waals surface area (Å²) in [5.74, 6) is -0.262. The molecule has 102 valence electrons. The highest BCUT2D eigenvalue weighted by Gasteiger charge is 2.05. The predicted octanol–water partition coefficient (Wildman–Crippen LogP) is 4.05. The normalized spacial score (nSPS) is 10.9. The topological polar surface area (TPSA) is 29.3 Å². The van der Waals surface area contributed by atoms with E-state index in [1.807, 2.05) is 23.6 Å². The lowest BCUT2D eigenvalue weighted by atomic mass is 10.2. The molecule has 0 bridgehead atoms. The quantitative estimate of drug-likeness (QED) is 0.788. The van der Waals surface area contributed by atoms with Crippen molar-refractivity contribution in [1.29, 1.82) is 0 Å². The van der Waals surface area contributed by atoms with Crippen molar-refractivity contribution in [3.05, 3.63) is 64.8 Å². The van der Waals surface area contributed by atoms with Gasteiger partial charge in [0.15, 0.2) is 0 Å². The summed E-state index contributed by atoms with van der Waals surface area (Å²) in [5.41, 5.74) is 3.14. The van der Waals surface area contributed by atoms with E-state index in [2.05, 4.69) is 10.3 Å². The molecule has 0 amide bonds. The fraction of sp³-hybridized carbons (Fsp3) is 0.133.